The Labute approximate surface area is 171 Å². The molecule has 0 radical (unpaired) electrons. The van der Waals surface area contributed by atoms with E-state index >= 15 is 0 Å². The molecule has 1 heterocycles. The average Bonchev–Trinajstić information content (AvgIpc) is 3.15. The van der Waals surface area contributed by atoms with Crippen molar-refractivity contribution in [1.29, 1.82) is 0 Å². The Hall–Kier alpha value is -2.54. The van der Waals surface area contributed by atoms with Crippen LogP contribution in [0.3, 0.4) is 0 Å². The third-order valence-electron chi connectivity index (χ3n) is 5.24. The van der Waals surface area contributed by atoms with Gasteiger partial charge in [-0.2, -0.15) is 0 Å². The first-order chi connectivity index (χ1) is 14.0. The Kier molecular flexibility index (Phi) is 6.79. The summed E-state index contributed by atoms with van der Waals surface area (Å²) in [6, 6.07) is 16.0. The number of aromatic nitrogens is 1. The molecule has 3 N–H and O–H groups in total. The summed E-state index contributed by atoms with van der Waals surface area (Å²) in [5, 5.41) is 23.2. The number of nitrogens with one attached hydrogen (secondary N) is 1. The number of aliphatic hydroxyl groups excluding tert-OH is 2. The molecular weight excluding hydrogens is 368 g/mol. The Balaban J connectivity index is 1.73. The van der Waals surface area contributed by atoms with Crippen LogP contribution in [0.4, 0.5) is 0 Å². The lowest BCUT2D eigenvalue weighted by Crippen LogP contribution is -2.49. The van der Waals surface area contributed by atoms with Crippen LogP contribution in [0.15, 0.2) is 54.7 Å². The summed E-state index contributed by atoms with van der Waals surface area (Å²) in [5.74, 6) is 1.60. The Morgan fingerprint density at radius 1 is 1.10 bits per heavy atom. The van der Waals surface area contributed by atoms with Crippen molar-refractivity contribution in [3.05, 3.63) is 60.3 Å². The van der Waals surface area contributed by atoms with Crippen molar-refractivity contribution in [2.75, 3.05) is 26.9 Å². The third-order valence-corrected chi connectivity index (χ3v) is 5.24. The van der Waals surface area contributed by atoms with Crippen molar-refractivity contribution < 1.29 is 19.7 Å². The zero-order chi connectivity index (χ0) is 20.9. The highest BCUT2D eigenvalue weighted by Crippen LogP contribution is 2.30. The SMILES string of the molecule is COc1ccccc1C(C)Oc1ccc2ccn(CCNC(C)(CO)CO)c2c1. The van der Waals surface area contributed by atoms with E-state index in [-0.39, 0.29) is 19.3 Å². The predicted molar refractivity (Wildman–Crippen MR) is 115 cm³/mol. The lowest BCUT2D eigenvalue weighted by molar-refractivity contribution is 0.104. The summed E-state index contributed by atoms with van der Waals surface area (Å²) in [5.41, 5.74) is 1.40. The number of hydrogen-bond acceptors (Lipinski definition) is 5. The standard InChI is InChI=1S/C23H30N2O4/c1-17(20-6-4-5-7-22(20)28-3)29-19-9-8-18-10-12-25(21(18)14-19)13-11-24-23(2,15-26)16-27/h4-10,12,14,17,24,26-27H,11,13,15-16H2,1-3H3. The molecule has 0 aliphatic heterocycles. The van der Waals surface area contributed by atoms with Crippen molar-refractivity contribution in [3.8, 4) is 11.5 Å². The highest BCUT2D eigenvalue weighted by Gasteiger charge is 2.21. The topological polar surface area (TPSA) is 75.9 Å². The van der Waals surface area contributed by atoms with Crippen molar-refractivity contribution in [2.24, 2.45) is 0 Å². The number of para-hydroxylation sites is 1. The Morgan fingerprint density at radius 2 is 1.86 bits per heavy atom. The Morgan fingerprint density at radius 3 is 2.59 bits per heavy atom. The van der Waals surface area contributed by atoms with Crippen molar-refractivity contribution in [3.63, 3.8) is 0 Å². The number of nitrogens with zero attached hydrogens (tertiary/aromatic N) is 1. The maximum Gasteiger partial charge on any atom is 0.125 e. The molecular formula is C23H30N2O4. The number of hydrogen-bond donors (Lipinski definition) is 3. The molecule has 0 saturated heterocycles. The predicted octanol–water partition coefficient (Wildman–Crippen LogP) is 3.12. The number of benzene rings is 2. The van der Waals surface area contributed by atoms with Gasteiger partial charge in [-0.1, -0.05) is 18.2 Å². The van der Waals surface area contributed by atoms with E-state index in [0.717, 1.165) is 28.0 Å². The van der Waals surface area contributed by atoms with Gasteiger partial charge in [0.15, 0.2) is 0 Å². The van der Waals surface area contributed by atoms with Gasteiger partial charge in [-0.05, 0) is 43.5 Å². The fraction of sp³-hybridized carbons (Fsp3) is 0.391. The molecule has 1 unspecified atom stereocenters. The molecule has 3 rings (SSSR count). The highest BCUT2D eigenvalue weighted by molar-refractivity contribution is 5.81. The average molecular weight is 399 g/mol. The van der Waals surface area contributed by atoms with Gasteiger partial charge in [0.05, 0.1) is 31.4 Å². The van der Waals surface area contributed by atoms with Gasteiger partial charge in [-0.3, -0.25) is 0 Å². The smallest absolute Gasteiger partial charge is 0.125 e. The van der Waals surface area contributed by atoms with Gasteiger partial charge in [0, 0.05) is 30.9 Å². The third kappa shape index (κ3) is 4.90. The molecule has 6 heteroatoms. The van der Waals surface area contributed by atoms with Crippen LogP contribution < -0.4 is 14.8 Å². The van der Waals surface area contributed by atoms with Gasteiger partial charge in [0.2, 0.25) is 0 Å². The second-order valence-electron chi connectivity index (χ2n) is 7.54. The van der Waals surface area contributed by atoms with Crippen LogP contribution in [0.1, 0.15) is 25.5 Å². The van der Waals surface area contributed by atoms with Gasteiger partial charge in [0.25, 0.3) is 0 Å². The van der Waals surface area contributed by atoms with E-state index in [0.29, 0.717) is 13.1 Å². The molecule has 0 bridgehead atoms. The second kappa shape index (κ2) is 9.31. The maximum absolute atomic E-state index is 9.41. The molecule has 0 amide bonds. The molecule has 0 fully saturated rings. The molecule has 0 saturated carbocycles. The molecule has 156 valence electrons. The molecule has 0 aliphatic carbocycles. The van der Waals surface area contributed by atoms with E-state index in [4.69, 9.17) is 9.47 Å². The van der Waals surface area contributed by atoms with Crippen LogP contribution in [0.5, 0.6) is 11.5 Å². The lowest BCUT2D eigenvalue weighted by atomic mass is 10.1. The van der Waals surface area contributed by atoms with Gasteiger partial charge in [0.1, 0.15) is 17.6 Å². The van der Waals surface area contributed by atoms with Gasteiger partial charge in [-0.25, -0.2) is 0 Å². The van der Waals surface area contributed by atoms with Crippen LogP contribution in [0.2, 0.25) is 0 Å². The Bertz CT molecular complexity index is 934. The fourth-order valence-corrected chi connectivity index (χ4v) is 3.34. The van der Waals surface area contributed by atoms with E-state index < -0.39 is 5.54 Å². The summed E-state index contributed by atoms with van der Waals surface area (Å²) in [4.78, 5) is 0. The maximum atomic E-state index is 9.41. The van der Waals surface area contributed by atoms with E-state index in [2.05, 4.69) is 22.0 Å². The largest absolute Gasteiger partial charge is 0.496 e. The first-order valence-electron chi connectivity index (χ1n) is 9.85. The summed E-state index contributed by atoms with van der Waals surface area (Å²) >= 11 is 0. The highest BCUT2D eigenvalue weighted by atomic mass is 16.5. The molecule has 3 aromatic rings. The molecule has 1 aromatic heterocycles. The van der Waals surface area contributed by atoms with Crippen LogP contribution in [-0.2, 0) is 6.54 Å². The molecule has 2 aromatic carbocycles. The first kappa shape index (κ1) is 21.2. The zero-order valence-corrected chi connectivity index (χ0v) is 17.3. The number of methoxy groups -OCH3 is 1. The lowest BCUT2D eigenvalue weighted by Gasteiger charge is -2.26. The van der Waals surface area contributed by atoms with E-state index in [1.54, 1.807) is 14.0 Å². The monoisotopic (exact) mass is 398 g/mol. The molecule has 29 heavy (non-hydrogen) atoms. The minimum atomic E-state index is -0.679. The fourth-order valence-electron chi connectivity index (χ4n) is 3.34. The number of ether oxygens (including phenoxy) is 2. The van der Waals surface area contributed by atoms with Crippen molar-refractivity contribution in [2.45, 2.75) is 32.0 Å². The summed E-state index contributed by atoms with van der Waals surface area (Å²) in [6.07, 6.45) is 1.89. The number of aliphatic hydroxyl groups is 2. The summed E-state index contributed by atoms with van der Waals surface area (Å²) in [7, 11) is 1.66. The molecule has 0 aliphatic rings. The van der Waals surface area contributed by atoms with Gasteiger partial charge >= 0.3 is 0 Å². The molecule has 6 nitrogen and oxygen atoms in total. The number of rotatable bonds is 10. The molecule has 0 spiro atoms. The molecule has 1 atom stereocenters. The van der Waals surface area contributed by atoms with Crippen molar-refractivity contribution in [1.82, 2.24) is 9.88 Å². The van der Waals surface area contributed by atoms with E-state index in [1.165, 1.54) is 0 Å². The van der Waals surface area contributed by atoms with Crippen molar-refractivity contribution >= 4 is 10.9 Å². The quantitative estimate of drug-likeness (QED) is 0.489. The van der Waals surface area contributed by atoms with Gasteiger partial charge in [-0.15, -0.1) is 0 Å². The normalized spacial score (nSPS) is 12.9. The van der Waals surface area contributed by atoms with Crippen LogP contribution >= 0.6 is 0 Å². The number of fused-ring (bicyclic) bond motifs is 1. The minimum Gasteiger partial charge on any atom is -0.496 e. The van der Waals surface area contributed by atoms with E-state index in [9.17, 15) is 10.2 Å². The van der Waals surface area contributed by atoms with Crippen LogP contribution in [0, 0.1) is 0 Å². The zero-order valence-electron chi connectivity index (χ0n) is 17.3. The summed E-state index contributed by atoms with van der Waals surface area (Å²) in [6.45, 7) is 4.92. The van der Waals surface area contributed by atoms with E-state index in [1.807, 2.05) is 49.5 Å². The van der Waals surface area contributed by atoms with Crippen LogP contribution in [-0.4, -0.2) is 47.2 Å². The van der Waals surface area contributed by atoms with Gasteiger partial charge < -0.3 is 29.6 Å². The second-order valence-corrected chi connectivity index (χ2v) is 7.54. The minimum absolute atomic E-state index is 0.116. The first-order valence-corrected chi connectivity index (χ1v) is 9.85. The summed E-state index contributed by atoms with van der Waals surface area (Å²) < 4.78 is 13.8. The van der Waals surface area contributed by atoms with Crippen LogP contribution in [0.25, 0.3) is 10.9 Å².